The van der Waals surface area contributed by atoms with Crippen molar-refractivity contribution < 1.29 is 19.2 Å². The number of Topliss-reactive ketones (excluding diaryl/α,β-unsaturated/α-hetero) is 1. The fraction of sp³-hybridized carbons (Fsp3) is 0.200. The van der Waals surface area contributed by atoms with Crippen LogP contribution in [0.3, 0.4) is 0 Å². The molecule has 0 radical (unpaired) electrons. The summed E-state index contributed by atoms with van der Waals surface area (Å²) >= 11 is 0. The van der Waals surface area contributed by atoms with E-state index in [1.165, 1.54) is 24.3 Å². The molecule has 26 heavy (non-hydrogen) atoms. The van der Waals surface area contributed by atoms with Crippen molar-refractivity contribution in [3.8, 4) is 0 Å². The number of hydrogen-bond acceptors (Lipinski definition) is 5. The first-order valence-electron chi connectivity index (χ1n) is 7.98. The first-order valence-corrected chi connectivity index (χ1v) is 7.98. The van der Waals surface area contributed by atoms with Crippen molar-refractivity contribution in [2.45, 2.75) is 20.8 Å². The Labute approximate surface area is 151 Å². The summed E-state index contributed by atoms with van der Waals surface area (Å²) in [6.07, 6.45) is 2.54. The van der Waals surface area contributed by atoms with E-state index in [1.54, 1.807) is 12.1 Å². The lowest BCUT2D eigenvalue weighted by atomic mass is 9.98. The molecule has 0 aliphatic carbocycles. The molecule has 0 unspecified atom stereocenters. The Morgan fingerprint density at radius 2 is 1.77 bits per heavy atom. The first-order chi connectivity index (χ1) is 12.3. The predicted molar refractivity (Wildman–Crippen MR) is 98.1 cm³/mol. The number of carbonyl (C=O) groups excluding carboxylic acids is 2. The number of nitro benzene ring substituents is 1. The van der Waals surface area contributed by atoms with Gasteiger partial charge in [-0.1, -0.05) is 18.2 Å². The van der Waals surface area contributed by atoms with E-state index in [1.807, 2.05) is 26.8 Å². The fourth-order valence-corrected chi connectivity index (χ4v) is 2.43. The number of esters is 1. The van der Waals surface area contributed by atoms with Gasteiger partial charge in [0.1, 0.15) is 0 Å². The average molecular weight is 353 g/mol. The zero-order valence-corrected chi connectivity index (χ0v) is 14.8. The second kappa shape index (κ2) is 8.20. The van der Waals surface area contributed by atoms with Gasteiger partial charge in [-0.25, -0.2) is 4.79 Å². The number of hydrogen-bond donors (Lipinski definition) is 0. The molecule has 0 saturated heterocycles. The molecule has 0 amide bonds. The summed E-state index contributed by atoms with van der Waals surface area (Å²) in [5, 5.41) is 10.7. The van der Waals surface area contributed by atoms with E-state index in [9.17, 15) is 19.7 Å². The Hall–Kier alpha value is -3.28. The van der Waals surface area contributed by atoms with Crippen LogP contribution >= 0.6 is 0 Å². The number of carbonyl (C=O) groups is 2. The van der Waals surface area contributed by atoms with Gasteiger partial charge in [0.25, 0.3) is 5.69 Å². The van der Waals surface area contributed by atoms with Gasteiger partial charge in [0.05, 0.1) is 4.92 Å². The molecule has 0 fully saturated rings. The van der Waals surface area contributed by atoms with Crippen molar-refractivity contribution >= 4 is 23.5 Å². The molecule has 0 saturated carbocycles. The minimum absolute atomic E-state index is 0.0686. The number of aryl methyl sites for hydroxylation is 3. The summed E-state index contributed by atoms with van der Waals surface area (Å²) in [5.74, 6) is -0.964. The molecule has 0 N–H and O–H groups in total. The third-order valence-corrected chi connectivity index (χ3v) is 3.98. The van der Waals surface area contributed by atoms with Crippen molar-refractivity contribution in [1.82, 2.24) is 0 Å². The molecule has 0 aliphatic heterocycles. The maximum atomic E-state index is 12.3. The van der Waals surface area contributed by atoms with Gasteiger partial charge in [0.2, 0.25) is 5.78 Å². The number of benzene rings is 2. The van der Waals surface area contributed by atoms with Crippen LogP contribution in [0.25, 0.3) is 6.08 Å². The maximum Gasteiger partial charge on any atom is 0.331 e. The van der Waals surface area contributed by atoms with Gasteiger partial charge in [-0.2, -0.15) is 0 Å². The highest BCUT2D eigenvalue weighted by Crippen LogP contribution is 2.16. The van der Waals surface area contributed by atoms with E-state index >= 15 is 0 Å². The summed E-state index contributed by atoms with van der Waals surface area (Å²) in [5.41, 5.74) is 3.88. The van der Waals surface area contributed by atoms with Gasteiger partial charge in [-0.3, -0.25) is 14.9 Å². The molecular formula is C20H19NO5. The highest BCUT2D eigenvalue weighted by atomic mass is 16.6. The minimum atomic E-state index is -0.689. The van der Waals surface area contributed by atoms with Gasteiger partial charge < -0.3 is 4.74 Å². The van der Waals surface area contributed by atoms with Crippen LogP contribution in [0.2, 0.25) is 0 Å². The van der Waals surface area contributed by atoms with E-state index in [0.29, 0.717) is 11.1 Å². The van der Waals surface area contributed by atoms with Crippen molar-refractivity contribution in [3.63, 3.8) is 0 Å². The summed E-state index contributed by atoms with van der Waals surface area (Å²) < 4.78 is 4.97. The number of ketones is 1. The van der Waals surface area contributed by atoms with Crippen molar-refractivity contribution in [3.05, 3.63) is 80.4 Å². The molecule has 0 spiro atoms. The van der Waals surface area contributed by atoms with Crippen molar-refractivity contribution in [1.29, 1.82) is 0 Å². The van der Waals surface area contributed by atoms with Crippen molar-refractivity contribution in [2.24, 2.45) is 0 Å². The Kier molecular flexibility index (Phi) is 6.01. The Morgan fingerprint density at radius 3 is 2.46 bits per heavy atom. The highest BCUT2D eigenvalue weighted by molar-refractivity contribution is 6.00. The summed E-state index contributed by atoms with van der Waals surface area (Å²) in [4.78, 5) is 34.2. The third kappa shape index (κ3) is 4.86. The quantitative estimate of drug-likeness (QED) is 0.258. The van der Waals surface area contributed by atoms with Crippen LogP contribution in [0.5, 0.6) is 0 Å². The number of ether oxygens (including phenoxy) is 1. The van der Waals surface area contributed by atoms with Gasteiger partial charge in [-0.05, 0) is 55.2 Å². The number of nitrogens with zero attached hydrogens (tertiary/aromatic N) is 1. The zero-order chi connectivity index (χ0) is 19.3. The summed E-state index contributed by atoms with van der Waals surface area (Å²) in [6, 6.07) is 9.56. The molecular weight excluding hydrogens is 334 g/mol. The largest absolute Gasteiger partial charge is 0.454 e. The van der Waals surface area contributed by atoms with Gasteiger partial charge in [0, 0.05) is 23.8 Å². The van der Waals surface area contributed by atoms with Crippen LogP contribution in [-0.2, 0) is 9.53 Å². The minimum Gasteiger partial charge on any atom is -0.454 e. The Bertz CT molecular complexity index is 899. The third-order valence-electron chi connectivity index (χ3n) is 3.98. The lowest BCUT2D eigenvalue weighted by molar-refractivity contribution is -0.384. The van der Waals surface area contributed by atoms with Crippen molar-refractivity contribution in [2.75, 3.05) is 6.61 Å². The molecule has 0 aliphatic rings. The normalized spacial score (nSPS) is 10.7. The standard InChI is InChI=1S/C20H19NO5/c1-13-9-15(3)18(10-14(13)2)19(22)12-26-20(23)8-7-16-5-4-6-17(11-16)21(24)25/h4-11H,12H2,1-3H3/b8-7+. The topological polar surface area (TPSA) is 86.5 Å². The lowest BCUT2D eigenvalue weighted by Crippen LogP contribution is -2.14. The van der Waals surface area contributed by atoms with Crippen LogP contribution < -0.4 is 0 Å². The fourth-order valence-electron chi connectivity index (χ4n) is 2.43. The van der Waals surface area contributed by atoms with Crippen LogP contribution in [0.4, 0.5) is 5.69 Å². The number of non-ortho nitro benzene ring substituents is 1. The average Bonchev–Trinajstić information content (AvgIpc) is 2.61. The van der Waals surface area contributed by atoms with Gasteiger partial charge >= 0.3 is 5.97 Å². The van der Waals surface area contributed by atoms with E-state index in [-0.39, 0.29) is 18.1 Å². The van der Waals surface area contributed by atoms with Gasteiger partial charge in [0.15, 0.2) is 6.61 Å². The van der Waals surface area contributed by atoms with Crippen LogP contribution in [0.15, 0.2) is 42.5 Å². The molecule has 2 aromatic carbocycles. The maximum absolute atomic E-state index is 12.3. The van der Waals surface area contributed by atoms with E-state index < -0.39 is 10.9 Å². The SMILES string of the molecule is Cc1cc(C)c(C(=O)COC(=O)/C=C/c2cccc([N+](=O)[O-])c2)cc1C. The highest BCUT2D eigenvalue weighted by Gasteiger charge is 2.12. The molecule has 0 atom stereocenters. The molecule has 0 bridgehead atoms. The molecule has 6 nitrogen and oxygen atoms in total. The van der Waals surface area contributed by atoms with E-state index in [4.69, 9.17) is 4.74 Å². The van der Waals surface area contributed by atoms with E-state index in [0.717, 1.165) is 22.8 Å². The molecule has 0 heterocycles. The van der Waals surface area contributed by atoms with Gasteiger partial charge in [-0.15, -0.1) is 0 Å². The predicted octanol–water partition coefficient (Wildman–Crippen LogP) is 3.96. The first kappa shape index (κ1) is 19.1. The summed E-state index contributed by atoms with van der Waals surface area (Å²) in [7, 11) is 0. The van der Waals surface area contributed by atoms with Crippen LogP contribution in [-0.4, -0.2) is 23.3 Å². The molecule has 2 aromatic rings. The Morgan fingerprint density at radius 1 is 1.08 bits per heavy atom. The Balaban J connectivity index is 1.98. The molecule has 6 heteroatoms. The van der Waals surface area contributed by atoms with E-state index in [2.05, 4.69) is 0 Å². The monoisotopic (exact) mass is 353 g/mol. The summed E-state index contributed by atoms with van der Waals surface area (Å²) in [6.45, 7) is 5.36. The lowest BCUT2D eigenvalue weighted by Gasteiger charge is -2.09. The number of nitro groups is 1. The van der Waals surface area contributed by atoms with Crippen LogP contribution in [0.1, 0.15) is 32.6 Å². The molecule has 2 rings (SSSR count). The second-order valence-corrected chi connectivity index (χ2v) is 5.97. The second-order valence-electron chi connectivity index (χ2n) is 5.97. The smallest absolute Gasteiger partial charge is 0.331 e. The zero-order valence-electron chi connectivity index (χ0n) is 14.8. The number of rotatable bonds is 6. The molecule has 0 aromatic heterocycles. The molecule has 134 valence electrons. The van der Waals surface area contributed by atoms with Crippen LogP contribution in [0, 0.1) is 30.9 Å².